The predicted octanol–water partition coefficient (Wildman–Crippen LogP) is 2.31. The lowest BCUT2D eigenvalue weighted by molar-refractivity contribution is -0.127. The van der Waals surface area contributed by atoms with Crippen LogP contribution in [-0.2, 0) is 14.8 Å². The van der Waals surface area contributed by atoms with Gasteiger partial charge in [-0.1, -0.05) is 29.8 Å². The van der Waals surface area contributed by atoms with E-state index in [4.69, 9.17) is 11.6 Å². The second-order valence-corrected chi connectivity index (χ2v) is 7.44. The maximum absolute atomic E-state index is 12.5. The standard InChI is InChI=1S/C16H19ClN2O3S/c1-2-3-4-5-16(20)18-10-12-19(13-11-18)23(21,22)15-8-6-14(17)7-9-15/h2-9H,10-13H2,1H3. The van der Waals surface area contributed by atoms with Crippen LogP contribution in [0, 0.1) is 0 Å². The number of hydrogen-bond acceptors (Lipinski definition) is 3. The van der Waals surface area contributed by atoms with Gasteiger partial charge < -0.3 is 4.90 Å². The lowest BCUT2D eigenvalue weighted by Crippen LogP contribution is -2.50. The van der Waals surface area contributed by atoms with E-state index in [0.717, 1.165) is 0 Å². The van der Waals surface area contributed by atoms with Crippen molar-refractivity contribution in [2.24, 2.45) is 0 Å². The maximum atomic E-state index is 12.5. The lowest BCUT2D eigenvalue weighted by Gasteiger charge is -2.33. The van der Waals surface area contributed by atoms with Gasteiger partial charge in [-0.2, -0.15) is 4.31 Å². The first kappa shape index (κ1) is 17.7. The number of carbonyl (C=O) groups excluding carboxylic acids is 1. The number of amides is 1. The van der Waals surface area contributed by atoms with E-state index in [1.165, 1.54) is 22.5 Å². The van der Waals surface area contributed by atoms with Crippen LogP contribution in [0.3, 0.4) is 0 Å². The summed E-state index contributed by atoms with van der Waals surface area (Å²) in [6.45, 7) is 3.20. The van der Waals surface area contributed by atoms with Gasteiger partial charge in [0.2, 0.25) is 15.9 Å². The second kappa shape index (κ2) is 7.77. The van der Waals surface area contributed by atoms with Crippen LogP contribution in [0.25, 0.3) is 0 Å². The van der Waals surface area contributed by atoms with Gasteiger partial charge in [0.05, 0.1) is 4.90 Å². The number of benzene rings is 1. The summed E-state index contributed by atoms with van der Waals surface area (Å²) >= 11 is 5.79. The van der Waals surface area contributed by atoms with E-state index in [-0.39, 0.29) is 23.9 Å². The van der Waals surface area contributed by atoms with Crippen molar-refractivity contribution in [1.82, 2.24) is 9.21 Å². The number of sulfonamides is 1. The molecule has 0 unspecified atom stereocenters. The SMILES string of the molecule is CC=CC=CC(=O)N1CCN(S(=O)(=O)c2ccc(Cl)cc2)CC1. The van der Waals surface area contributed by atoms with Gasteiger partial charge in [0.1, 0.15) is 0 Å². The van der Waals surface area contributed by atoms with E-state index in [2.05, 4.69) is 0 Å². The number of nitrogens with zero attached hydrogens (tertiary/aromatic N) is 2. The molecule has 0 radical (unpaired) electrons. The van der Waals surface area contributed by atoms with Gasteiger partial charge in [-0.15, -0.1) is 0 Å². The van der Waals surface area contributed by atoms with Gasteiger partial charge in [-0.3, -0.25) is 4.79 Å². The molecule has 1 amide bonds. The van der Waals surface area contributed by atoms with Crippen LogP contribution in [0.2, 0.25) is 5.02 Å². The zero-order valence-electron chi connectivity index (χ0n) is 12.9. The summed E-state index contributed by atoms with van der Waals surface area (Å²) < 4.78 is 26.5. The Labute approximate surface area is 141 Å². The fourth-order valence-electron chi connectivity index (χ4n) is 2.26. The van der Waals surface area contributed by atoms with Gasteiger partial charge >= 0.3 is 0 Å². The van der Waals surface area contributed by atoms with E-state index in [0.29, 0.717) is 18.1 Å². The molecule has 124 valence electrons. The van der Waals surface area contributed by atoms with Gasteiger partial charge in [0, 0.05) is 37.3 Å². The van der Waals surface area contributed by atoms with Crippen LogP contribution < -0.4 is 0 Å². The summed E-state index contributed by atoms with van der Waals surface area (Å²) in [6.07, 6.45) is 6.78. The molecule has 1 aliphatic heterocycles. The summed E-state index contributed by atoms with van der Waals surface area (Å²) in [5.74, 6) is -0.105. The molecule has 0 bridgehead atoms. The Bertz CT molecular complexity index is 703. The van der Waals surface area contributed by atoms with E-state index >= 15 is 0 Å². The molecule has 1 aromatic carbocycles. The Morgan fingerprint density at radius 3 is 2.26 bits per heavy atom. The molecular formula is C16H19ClN2O3S. The first-order valence-electron chi connectivity index (χ1n) is 7.29. The van der Waals surface area contributed by atoms with Crippen molar-refractivity contribution in [2.75, 3.05) is 26.2 Å². The molecule has 7 heteroatoms. The fraction of sp³-hybridized carbons (Fsp3) is 0.312. The Hall–Kier alpha value is -1.63. The molecule has 0 atom stereocenters. The number of carbonyl (C=O) groups is 1. The van der Waals surface area contributed by atoms with Crippen molar-refractivity contribution < 1.29 is 13.2 Å². The minimum absolute atomic E-state index is 0.105. The molecule has 1 heterocycles. The highest BCUT2D eigenvalue weighted by atomic mass is 35.5. The molecule has 2 rings (SSSR count). The van der Waals surface area contributed by atoms with Crippen molar-refractivity contribution in [1.29, 1.82) is 0 Å². The molecule has 1 aromatic rings. The highest BCUT2D eigenvalue weighted by Crippen LogP contribution is 2.19. The summed E-state index contributed by atoms with van der Waals surface area (Å²) in [5.41, 5.74) is 0. The summed E-state index contributed by atoms with van der Waals surface area (Å²) in [5, 5.41) is 0.493. The maximum Gasteiger partial charge on any atom is 0.246 e. The van der Waals surface area contributed by atoms with Crippen LogP contribution in [-0.4, -0.2) is 49.7 Å². The van der Waals surface area contributed by atoms with Gasteiger partial charge in [-0.05, 0) is 31.2 Å². The van der Waals surface area contributed by atoms with Crippen molar-refractivity contribution in [3.63, 3.8) is 0 Å². The number of hydrogen-bond donors (Lipinski definition) is 0. The van der Waals surface area contributed by atoms with Gasteiger partial charge in [-0.25, -0.2) is 8.42 Å². The van der Waals surface area contributed by atoms with E-state index in [1.54, 1.807) is 29.2 Å². The molecule has 23 heavy (non-hydrogen) atoms. The third-order valence-corrected chi connectivity index (χ3v) is 5.71. The Kier molecular flexibility index (Phi) is 5.98. The molecule has 5 nitrogen and oxygen atoms in total. The molecule has 0 aliphatic carbocycles. The van der Waals surface area contributed by atoms with Crippen LogP contribution in [0.4, 0.5) is 0 Å². The van der Waals surface area contributed by atoms with Crippen molar-refractivity contribution in [2.45, 2.75) is 11.8 Å². The summed E-state index contributed by atoms with van der Waals surface area (Å²) in [7, 11) is -3.54. The van der Waals surface area contributed by atoms with Crippen molar-refractivity contribution in [3.05, 3.63) is 53.6 Å². The van der Waals surface area contributed by atoms with Crippen molar-refractivity contribution >= 4 is 27.5 Å². The highest BCUT2D eigenvalue weighted by molar-refractivity contribution is 7.89. The second-order valence-electron chi connectivity index (χ2n) is 5.07. The van der Waals surface area contributed by atoms with Crippen LogP contribution in [0.15, 0.2) is 53.5 Å². The average Bonchev–Trinajstić information content (AvgIpc) is 2.55. The zero-order valence-corrected chi connectivity index (χ0v) is 14.4. The summed E-state index contributed by atoms with van der Waals surface area (Å²) in [4.78, 5) is 13.8. The quantitative estimate of drug-likeness (QED) is 0.616. The third-order valence-electron chi connectivity index (χ3n) is 3.54. The monoisotopic (exact) mass is 354 g/mol. The Morgan fingerprint density at radius 1 is 1.09 bits per heavy atom. The minimum Gasteiger partial charge on any atom is -0.337 e. The van der Waals surface area contributed by atoms with Crippen LogP contribution in [0.1, 0.15) is 6.92 Å². The molecule has 1 fully saturated rings. The molecule has 0 saturated carbocycles. The first-order chi connectivity index (χ1) is 10.9. The van der Waals surface area contributed by atoms with Gasteiger partial charge in [0.25, 0.3) is 0 Å². The number of allylic oxidation sites excluding steroid dienone is 3. The number of piperazine rings is 1. The molecule has 1 saturated heterocycles. The lowest BCUT2D eigenvalue weighted by atomic mass is 10.3. The topological polar surface area (TPSA) is 57.7 Å². The zero-order chi connectivity index (χ0) is 16.9. The highest BCUT2D eigenvalue weighted by Gasteiger charge is 2.29. The third kappa shape index (κ3) is 4.43. The Balaban J connectivity index is 2.01. The van der Waals surface area contributed by atoms with Crippen LogP contribution >= 0.6 is 11.6 Å². The Morgan fingerprint density at radius 2 is 1.70 bits per heavy atom. The van der Waals surface area contributed by atoms with Crippen LogP contribution in [0.5, 0.6) is 0 Å². The molecular weight excluding hydrogens is 336 g/mol. The average molecular weight is 355 g/mol. The predicted molar refractivity (Wildman–Crippen MR) is 90.7 cm³/mol. The minimum atomic E-state index is -3.54. The molecule has 0 aromatic heterocycles. The first-order valence-corrected chi connectivity index (χ1v) is 9.11. The van der Waals surface area contributed by atoms with Gasteiger partial charge in [0.15, 0.2) is 0 Å². The number of halogens is 1. The van der Waals surface area contributed by atoms with E-state index < -0.39 is 10.0 Å². The smallest absolute Gasteiger partial charge is 0.246 e. The van der Waals surface area contributed by atoms with E-state index in [1.807, 2.05) is 13.0 Å². The summed E-state index contributed by atoms with van der Waals surface area (Å²) in [6, 6.07) is 6.10. The van der Waals surface area contributed by atoms with Crippen molar-refractivity contribution in [3.8, 4) is 0 Å². The normalized spacial score (nSPS) is 17.2. The van der Waals surface area contributed by atoms with E-state index in [9.17, 15) is 13.2 Å². The largest absolute Gasteiger partial charge is 0.337 e. The molecule has 1 aliphatic rings. The molecule has 0 N–H and O–H groups in total. The fourth-order valence-corrected chi connectivity index (χ4v) is 3.81. The molecule has 0 spiro atoms. The number of rotatable bonds is 4.